The van der Waals surface area contributed by atoms with E-state index in [0.29, 0.717) is 13.1 Å². The zero-order valence-corrected chi connectivity index (χ0v) is 12.9. The lowest BCUT2D eigenvalue weighted by atomic mass is 10.1. The van der Waals surface area contributed by atoms with Crippen LogP contribution in [0.4, 0.5) is 0 Å². The van der Waals surface area contributed by atoms with Crippen LogP contribution in [0, 0.1) is 11.8 Å². The zero-order chi connectivity index (χ0) is 15.4. The minimum absolute atomic E-state index is 0.0211. The van der Waals surface area contributed by atoms with Crippen LogP contribution >= 0.6 is 0 Å². The largest absolute Gasteiger partial charge is 0.469 e. The number of methoxy groups -OCH3 is 1. The summed E-state index contributed by atoms with van der Waals surface area (Å²) in [4.78, 5) is 38.7. The number of esters is 1. The average Bonchev–Trinajstić information content (AvgIpc) is 2.78. The van der Waals surface area contributed by atoms with Gasteiger partial charge in [0.25, 0.3) is 0 Å². The molecular formula is C14H24N2O4. The predicted octanol–water partition coefficient (Wildman–Crippen LogP) is 0.511. The maximum atomic E-state index is 12.3. The third-order valence-corrected chi connectivity index (χ3v) is 3.66. The molecule has 1 heterocycles. The third kappa shape index (κ3) is 3.71. The van der Waals surface area contributed by atoms with E-state index in [4.69, 9.17) is 0 Å². The summed E-state index contributed by atoms with van der Waals surface area (Å²) in [6.07, 6.45) is 0.258. The van der Waals surface area contributed by atoms with E-state index in [-0.39, 0.29) is 42.1 Å². The molecule has 20 heavy (non-hydrogen) atoms. The molecule has 1 aliphatic rings. The van der Waals surface area contributed by atoms with E-state index in [1.807, 2.05) is 13.8 Å². The minimum atomic E-state index is -0.368. The van der Waals surface area contributed by atoms with Crippen molar-refractivity contribution in [3.8, 4) is 0 Å². The molecule has 114 valence electrons. The monoisotopic (exact) mass is 284 g/mol. The highest BCUT2D eigenvalue weighted by atomic mass is 16.5. The predicted molar refractivity (Wildman–Crippen MR) is 73.8 cm³/mol. The summed E-state index contributed by atoms with van der Waals surface area (Å²) in [7, 11) is 2.99. The number of hydrogen-bond acceptors (Lipinski definition) is 4. The Balaban J connectivity index is 2.58. The van der Waals surface area contributed by atoms with Gasteiger partial charge >= 0.3 is 5.97 Å². The van der Waals surface area contributed by atoms with Crippen molar-refractivity contribution in [3.05, 3.63) is 0 Å². The zero-order valence-electron chi connectivity index (χ0n) is 12.9. The van der Waals surface area contributed by atoms with E-state index >= 15 is 0 Å². The molecule has 0 aromatic rings. The van der Waals surface area contributed by atoms with E-state index in [1.54, 1.807) is 18.9 Å². The molecule has 1 fully saturated rings. The number of ether oxygens (including phenoxy) is 1. The summed E-state index contributed by atoms with van der Waals surface area (Å²) in [6.45, 7) is 6.36. The summed E-state index contributed by atoms with van der Waals surface area (Å²) in [5.41, 5.74) is 0. The van der Waals surface area contributed by atoms with E-state index in [1.165, 1.54) is 12.0 Å². The lowest BCUT2D eigenvalue weighted by Crippen LogP contribution is -2.39. The maximum absolute atomic E-state index is 12.3. The fraction of sp³-hybridized carbons (Fsp3) is 0.786. The maximum Gasteiger partial charge on any atom is 0.310 e. The Hall–Kier alpha value is -1.59. The Morgan fingerprint density at radius 2 is 2.00 bits per heavy atom. The highest BCUT2D eigenvalue weighted by Gasteiger charge is 2.37. The fourth-order valence-electron chi connectivity index (χ4n) is 2.48. The van der Waals surface area contributed by atoms with Crippen LogP contribution in [0.3, 0.4) is 0 Å². The number of hydrogen-bond donors (Lipinski definition) is 0. The first-order chi connectivity index (χ1) is 9.27. The average molecular weight is 284 g/mol. The van der Waals surface area contributed by atoms with E-state index in [0.717, 1.165) is 0 Å². The van der Waals surface area contributed by atoms with Crippen LogP contribution in [0.5, 0.6) is 0 Å². The first kappa shape index (κ1) is 16.5. The summed E-state index contributed by atoms with van der Waals surface area (Å²) < 4.78 is 4.64. The van der Waals surface area contributed by atoms with Crippen molar-refractivity contribution in [2.75, 3.05) is 27.2 Å². The van der Waals surface area contributed by atoms with Gasteiger partial charge in [-0.05, 0) is 13.8 Å². The Morgan fingerprint density at radius 1 is 1.40 bits per heavy atom. The van der Waals surface area contributed by atoms with Crippen LogP contribution in [0.2, 0.25) is 0 Å². The summed E-state index contributed by atoms with van der Waals surface area (Å²) in [5.74, 6) is -1.08. The summed E-state index contributed by atoms with van der Waals surface area (Å²) in [5, 5.41) is 0. The minimum Gasteiger partial charge on any atom is -0.469 e. The molecule has 0 aromatic carbocycles. The molecule has 1 saturated heterocycles. The molecule has 1 rings (SSSR count). The standard InChI is InChI=1S/C14H24N2O4/c1-9(2)16-8-11(6-12(16)17)13(18)15(4)7-10(3)14(19)20-5/h9-11H,6-8H2,1-5H3. The Labute approximate surface area is 120 Å². The van der Waals surface area contributed by atoms with E-state index < -0.39 is 0 Å². The van der Waals surface area contributed by atoms with Gasteiger partial charge in [-0.1, -0.05) is 6.92 Å². The van der Waals surface area contributed by atoms with Crippen molar-refractivity contribution in [2.45, 2.75) is 33.2 Å². The van der Waals surface area contributed by atoms with E-state index in [2.05, 4.69) is 4.74 Å². The normalized spacial score (nSPS) is 20.2. The van der Waals surface area contributed by atoms with Gasteiger partial charge in [0.2, 0.25) is 11.8 Å². The molecule has 6 heteroatoms. The lowest BCUT2D eigenvalue weighted by molar-refractivity contribution is -0.146. The number of carbonyl (C=O) groups is 3. The molecule has 0 N–H and O–H groups in total. The van der Waals surface area contributed by atoms with Crippen LogP contribution in [-0.2, 0) is 19.1 Å². The second-order valence-corrected chi connectivity index (χ2v) is 5.68. The number of likely N-dealkylation sites (tertiary alicyclic amines) is 1. The molecule has 2 unspecified atom stereocenters. The van der Waals surface area contributed by atoms with Gasteiger partial charge in [0, 0.05) is 32.6 Å². The van der Waals surface area contributed by atoms with Crippen molar-refractivity contribution in [2.24, 2.45) is 11.8 Å². The molecule has 0 bridgehead atoms. The van der Waals surface area contributed by atoms with Crippen LogP contribution in [0.15, 0.2) is 0 Å². The Kier molecular flexibility index (Phi) is 5.53. The van der Waals surface area contributed by atoms with Crippen molar-refractivity contribution in [1.29, 1.82) is 0 Å². The molecule has 2 amide bonds. The van der Waals surface area contributed by atoms with Crippen LogP contribution < -0.4 is 0 Å². The number of carbonyl (C=O) groups excluding carboxylic acids is 3. The van der Waals surface area contributed by atoms with Gasteiger partial charge in [0.05, 0.1) is 18.9 Å². The Bertz CT molecular complexity index is 395. The topological polar surface area (TPSA) is 66.9 Å². The van der Waals surface area contributed by atoms with Gasteiger partial charge in [-0.15, -0.1) is 0 Å². The molecule has 1 aliphatic heterocycles. The first-order valence-corrected chi connectivity index (χ1v) is 6.90. The molecule has 0 spiro atoms. The van der Waals surface area contributed by atoms with Gasteiger partial charge in [-0.2, -0.15) is 0 Å². The molecule has 0 aliphatic carbocycles. The molecule has 2 atom stereocenters. The quantitative estimate of drug-likeness (QED) is 0.690. The van der Waals surface area contributed by atoms with Gasteiger partial charge < -0.3 is 14.5 Å². The first-order valence-electron chi connectivity index (χ1n) is 6.90. The SMILES string of the molecule is COC(=O)C(C)CN(C)C(=O)C1CC(=O)N(C(C)C)C1. The second-order valence-electron chi connectivity index (χ2n) is 5.68. The van der Waals surface area contributed by atoms with Gasteiger partial charge in [0.1, 0.15) is 0 Å². The van der Waals surface area contributed by atoms with Gasteiger partial charge in [-0.3, -0.25) is 14.4 Å². The van der Waals surface area contributed by atoms with Crippen LogP contribution in [0.1, 0.15) is 27.2 Å². The summed E-state index contributed by atoms with van der Waals surface area (Å²) >= 11 is 0. The fourth-order valence-corrected chi connectivity index (χ4v) is 2.48. The molecule has 0 saturated carbocycles. The molecule has 0 aromatic heterocycles. The number of amides is 2. The lowest BCUT2D eigenvalue weighted by Gasteiger charge is -2.24. The highest BCUT2D eigenvalue weighted by molar-refractivity contribution is 5.89. The van der Waals surface area contributed by atoms with Crippen molar-refractivity contribution < 1.29 is 19.1 Å². The van der Waals surface area contributed by atoms with Crippen molar-refractivity contribution in [3.63, 3.8) is 0 Å². The third-order valence-electron chi connectivity index (χ3n) is 3.66. The van der Waals surface area contributed by atoms with Crippen LogP contribution in [-0.4, -0.2) is 60.9 Å². The smallest absolute Gasteiger partial charge is 0.310 e. The highest BCUT2D eigenvalue weighted by Crippen LogP contribution is 2.22. The molecule has 6 nitrogen and oxygen atoms in total. The molecule has 0 radical (unpaired) electrons. The Morgan fingerprint density at radius 3 is 2.45 bits per heavy atom. The van der Waals surface area contributed by atoms with Gasteiger partial charge in [-0.25, -0.2) is 0 Å². The molecular weight excluding hydrogens is 260 g/mol. The number of nitrogens with zero attached hydrogens (tertiary/aromatic N) is 2. The van der Waals surface area contributed by atoms with Crippen molar-refractivity contribution in [1.82, 2.24) is 9.80 Å². The van der Waals surface area contributed by atoms with Crippen LogP contribution in [0.25, 0.3) is 0 Å². The second kappa shape index (κ2) is 6.72. The van der Waals surface area contributed by atoms with Crippen molar-refractivity contribution >= 4 is 17.8 Å². The number of rotatable bonds is 5. The summed E-state index contributed by atoms with van der Waals surface area (Å²) in [6, 6.07) is 0.111. The van der Waals surface area contributed by atoms with E-state index in [9.17, 15) is 14.4 Å². The van der Waals surface area contributed by atoms with Gasteiger partial charge in [0.15, 0.2) is 0 Å².